The minimum Gasteiger partial charge on any atom is -0.340 e. The monoisotopic (exact) mass is 420 g/mol. The van der Waals surface area contributed by atoms with Crippen LogP contribution in [0.5, 0.6) is 0 Å². The molecule has 1 aromatic rings. The van der Waals surface area contributed by atoms with E-state index in [2.05, 4.69) is 0 Å². The van der Waals surface area contributed by atoms with Gasteiger partial charge in [0.1, 0.15) is 6.04 Å². The third kappa shape index (κ3) is 3.35. The van der Waals surface area contributed by atoms with Gasteiger partial charge in [0.05, 0.1) is 5.88 Å². The lowest BCUT2D eigenvalue weighted by atomic mass is 10.3. The van der Waals surface area contributed by atoms with E-state index in [1.807, 2.05) is 0 Å². The Hall–Kier alpha value is -1.24. The Morgan fingerprint density at radius 2 is 1.81 bits per heavy atom. The van der Waals surface area contributed by atoms with Crippen molar-refractivity contribution in [1.29, 1.82) is 0 Å². The van der Waals surface area contributed by atoms with Crippen LogP contribution in [0.25, 0.3) is 0 Å². The largest absolute Gasteiger partial charge is 0.340 e. The van der Waals surface area contributed by atoms with Crippen LogP contribution in [0.1, 0.15) is 0 Å². The first kappa shape index (κ1) is 19.5. The number of amides is 1. The van der Waals surface area contributed by atoms with Gasteiger partial charge in [-0.3, -0.25) is 14.2 Å². The highest BCUT2D eigenvalue weighted by Crippen LogP contribution is 2.28. The number of carbonyl (C=O) groups is 1. The molecular formula is C14H20N4O5S3. The molecule has 12 heteroatoms. The molecule has 144 valence electrons. The third-order valence-corrected chi connectivity index (χ3v) is 8.41. The maximum Gasteiger partial charge on any atom is 0.330 e. The van der Waals surface area contributed by atoms with Crippen LogP contribution in [0, 0.1) is 0 Å². The van der Waals surface area contributed by atoms with Gasteiger partial charge in [0.25, 0.3) is 15.6 Å². The zero-order valence-electron chi connectivity index (χ0n) is 14.5. The van der Waals surface area contributed by atoms with Crippen LogP contribution in [-0.4, -0.2) is 74.9 Å². The Kier molecular flexibility index (Phi) is 5.56. The van der Waals surface area contributed by atoms with E-state index in [-0.39, 0.29) is 11.8 Å². The molecule has 2 aliphatic rings. The van der Waals surface area contributed by atoms with E-state index in [4.69, 9.17) is 0 Å². The van der Waals surface area contributed by atoms with E-state index in [0.717, 1.165) is 31.1 Å². The molecular weight excluding hydrogens is 400 g/mol. The second kappa shape index (κ2) is 7.41. The van der Waals surface area contributed by atoms with Crippen molar-refractivity contribution >= 4 is 39.5 Å². The van der Waals surface area contributed by atoms with Gasteiger partial charge in [0, 0.05) is 50.6 Å². The van der Waals surface area contributed by atoms with E-state index in [1.165, 1.54) is 25.9 Å². The van der Waals surface area contributed by atoms with Crippen molar-refractivity contribution < 1.29 is 13.2 Å². The molecule has 0 aliphatic carbocycles. The average molecular weight is 421 g/mol. The molecule has 0 aromatic carbocycles. The Bertz CT molecular complexity index is 933. The molecule has 1 unspecified atom stereocenters. The molecule has 2 saturated heterocycles. The zero-order chi connectivity index (χ0) is 19.1. The second-order valence-electron chi connectivity index (χ2n) is 6.10. The normalized spacial score (nSPS) is 21.9. The first-order valence-electron chi connectivity index (χ1n) is 7.98. The van der Waals surface area contributed by atoms with E-state index in [9.17, 15) is 22.8 Å². The summed E-state index contributed by atoms with van der Waals surface area (Å²) in [7, 11) is -1.58. The fourth-order valence-corrected chi connectivity index (χ4v) is 7.12. The molecule has 1 aromatic heterocycles. The lowest BCUT2D eigenvalue weighted by molar-refractivity contribution is -0.133. The molecule has 0 radical (unpaired) electrons. The number of rotatable bonds is 3. The van der Waals surface area contributed by atoms with Gasteiger partial charge in [-0.15, -0.1) is 11.8 Å². The molecule has 1 amide bonds. The van der Waals surface area contributed by atoms with Gasteiger partial charge in [0.15, 0.2) is 4.90 Å². The van der Waals surface area contributed by atoms with Crippen LogP contribution < -0.4 is 11.2 Å². The van der Waals surface area contributed by atoms with Gasteiger partial charge in [-0.25, -0.2) is 13.2 Å². The Morgan fingerprint density at radius 3 is 2.46 bits per heavy atom. The Labute approximate surface area is 159 Å². The molecule has 0 spiro atoms. The highest BCUT2D eigenvalue weighted by atomic mass is 32.2. The zero-order valence-corrected chi connectivity index (χ0v) is 16.9. The number of aromatic nitrogens is 2. The van der Waals surface area contributed by atoms with Crippen LogP contribution in [-0.2, 0) is 28.9 Å². The third-order valence-electron chi connectivity index (χ3n) is 4.45. The molecule has 0 saturated carbocycles. The molecule has 1 atom stereocenters. The van der Waals surface area contributed by atoms with Gasteiger partial charge in [-0.1, -0.05) is 0 Å². The van der Waals surface area contributed by atoms with Crippen LogP contribution in [0.4, 0.5) is 0 Å². The van der Waals surface area contributed by atoms with Crippen molar-refractivity contribution in [1.82, 2.24) is 18.3 Å². The van der Waals surface area contributed by atoms with Crippen LogP contribution in [0.15, 0.2) is 20.7 Å². The number of hydrogen-bond acceptors (Lipinski definition) is 7. The van der Waals surface area contributed by atoms with Crippen molar-refractivity contribution in [2.24, 2.45) is 14.1 Å². The topological polar surface area (TPSA) is 102 Å². The highest BCUT2D eigenvalue weighted by Gasteiger charge is 2.43. The number of thioether (sulfide) groups is 2. The van der Waals surface area contributed by atoms with E-state index in [1.54, 1.807) is 16.7 Å². The minimum atomic E-state index is -4.20. The molecule has 2 fully saturated rings. The SMILES string of the molecule is Cn1cc(S(=O)(=O)N2CSCC2C(=O)N2CCSCC2)c(=O)n(C)c1=O. The molecule has 3 rings (SSSR count). The maximum absolute atomic E-state index is 13.1. The van der Waals surface area contributed by atoms with Gasteiger partial charge < -0.3 is 9.47 Å². The fraction of sp³-hybridized carbons (Fsp3) is 0.643. The predicted molar refractivity (Wildman–Crippen MR) is 101 cm³/mol. The summed E-state index contributed by atoms with van der Waals surface area (Å²) in [6.45, 7) is 1.19. The Balaban J connectivity index is 1.97. The van der Waals surface area contributed by atoms with E-state index >= 15 is 0 Å². The quantitative estimate of drug-likeness (QED) is 0.600. The fourth-order valence-electron chi connectivity index (χ4n) is 2.93. The van der Waals surface area contributed by atoms with Crippen molar-refractivity contribution in [3.05, 3.63) is 27.0 Å². The van der Waals surface area contributed by atoms with E-state index in [0.29, 0.717) is 18.8 Å². The lowest BCUT2D eigenvalue weighted by Gasteiger charge is -2.31. The molecule has 26 heavy (non-hydrogen) atoms. The smallest absolute Gasteiger partial charge is 0.330 e. The van der Waals surface area contributed by atoms with Crippen molar-refractivity contribution in [3.63, 3.8) is 0 Å². The summed E-state index contributed by atoms with van der Waals surface area (Å²) in [5, 5.41) is 0. The number of sulfonamides is 1. The summed E-state index contributed by atoms with van der Waals surface area (Å²) in [6, 6.07) is -0.824. The summed E-state index contributed by atoms with van der Waals surface area (Å²) in [4.78, 5) is 38.2. The number of aryl methyl sites for hydroxylation is 1. The summed E-state index contributed by atoms with van der Waals surface area (Å²) >= 11 is 3.10. The van der Waals surface area contributed by atoms with Gasteiger partial charge in [0.2, 0.25) is 5.91 Å². The van der Waals surface area contributed by atoms with Gasteiger partial charge in [-0.2, -0.15) is 16.1 Å². The molecule has 3 heterocycles. The molecule has 2 aliphatic heterocycles. The standard InChI is InChI=1S/C14H20N4O5S3/c1-15-7-11(13(20)16(2)14(15)21)26(22,23)18-9-25-8-10(18)12(19)17-3-5-24-6-4-17/h7,10H,3-6,8-9H2,1-2H3. The van der Waals surface area contributed by atoms with Gasteiger partial charge >= 0.3 is 5.69 Å². The summed E-state index contributed by atoms with van der Waals surface area (Å²) in [6.07, 6.45) is 1.03. The summed E-state index contributed by atoms with van der Waals surface area (Å²) < 4.78 is 29.1. The molecule has 0 N–H and O–H groups in total. The molecule has 0 bridgehead atoms. The number of carbonyl (C=O) groups excluding carboxylic acids is 1. The van der Waals surface area contributed by atoms with Crippen LogP contribution in [0.3, 0.4) is 0 Å². The second-order valence-corrected chi connectivity index (χ2v) is 10.2. The van der Waals surface area contributed by atoms with Crippen LogP contribution >= 0.6 is 23.5 Å². The van der Waals surface area contributed by atoms with E-state index < -0.39 is 32.2 Å². The number of nitrogens with zero attached hydrogens (tertiary/aromatic N) is 4. The minimum absolute atomic E-state index is 0.104. The van der Waals surface area contributed by atoms with Crippen LogP contribution in [0.2, 0.25) is 0 Å². The van der Waals surface area contributed by atoms with Crippen molar-refractivity contribution in [3.8, 4) is 0 Å². The maximum atomic E-state index is 13.1. The lowest BCUT2D eigenvalue weighted by Crippen LogP contribution is -2.52. The Morgan fingerprint density at radius 1 is 1.15 bits per heavy atom. The highest BCUT2D eigenvalue weighted by molar-refractivity contribution is 8.00. The predicted octanol–water partition coefficient (Wildman–Crippen LogP) is -1.28. The first-order chi connectivity index (χ1) is 12.2. The molecule has 9 nitrogen and oxygen atoms in total. The van der Waals surface area contributed by atoms with Gasteiger partial charge in [-0.05, 0) is 0 Å². The summed E-state index contributed by atoms with van der Waals surface area (Å²) in [5.41, 5.74) is -1.49. The first-order valence-corrected chi connectivity index (χ1v) is 11.7. The van der Waals surface area contributed by atoms with Crippen molar-refractivity contribution in [2.45, 2.75) is 10.9 Å². The van der Waals surface area contributed by atoms with Crippen molar-refractivity contribution in [2.75, 3.05) is 36.2 Å². The summed E-state index contributed by atoms with van der Waals surface area (Å²) in [5.74, 6) is 1.90. The number of hydrogen-bond donors (Lipinski definition) is 0. The average Bonchev–Trinajstić information content (AvgIpc) is 3.13.